The monoisotopic (exact) mass is 221 g/mol. The van der Waals surface area contributed by atoms with Gasteiger partial charge in [0.1, 0.15) is 5.82 Å². The third-order valence-electron chi connectivity index (χ3n) is 2.10. The number of pyridine rings is 1. The molecule has 2 aromatic rings. The lowest BCUT2D eigenvalue weighted by atomic mass is 9.80. The van der Waals surface area contributed by atoms with Crippen molar-refractivity contribution < 1.29 is 14.4 Å². The summed E-state index contributed by atoms with van der Waals surface area (Å²) in [5.74, 6) is -0.430. The third kappa shape index (κ3) is 1.95. The molecule has 0 aliphatic heterocycles. The van der Waals surface area contributed by atoms with Gasteiger partial charge in [-0.2, -0.15) is 5.10 Å². The van der Waals surface area contributed by atoms with Gasteiger partial charge in [0.2, 0.25) is 0 Å². The highest BCUT2D eigenvalue weighted by Gasteiger charge is 2.18. The van der Waals surface area contributed by atoms with Gasteiger partial charge in [-0.15, -0.1) is 0 Å². The fraction of sp³-hybridized carbons (Fsp3) is 0.111. The molecule has 0 unspecified atom stereocenters. The Labute approximate surface area is 91.3 Å². The van der Waals surface area contributed by atoms with Gasteiger partial charge in [-0.05, 0) is 18.6 Å². The number of hydrogen-bond donors (Lipinski definition) is 2. The van der Waals surface area contributed by atoms with Gasteiger partial charge in [0, 0.05) is 11.7 Å². The van der Waals surface area contributed by atoms with Gasteiger partial charge in [0.05, 0.1) is 12.4 Å². The minimum absolute atomic E-state index is 0.224. The maximum Gasteiger partial charge on any atom is 0.491 e. The van der Waals surface area contributed by atoms with Crippen LogP contribution in [0.3, 0.4) is 0 Å². The van der Waals surface area contributed by atoms with Crippen LogP contribution in [0.2, 0.25) is 0 Å². The fourth-order valence-corrected chi connectivity index (χ4v) is 1.30. The quantitative estimate of drug-likeness (QED) is 0.664. The molecule has 0 saturated carbocycles. The molecule has 0 fully saturated rings. The van der Waals surface area contributed by atoms with Gasteiger partial charge in [-0.1, -0.05) is 0 Å². The second-order valence-electron chi connectivity index (χ2n) is 3.40. The minimum Gasteiger partial charge on any atom is -0.423 e. The molecule has 2 N–H and O–H groups in total. The maximum absolute atomic E-state index is 13.1. The number of nitrogens with zero attached hydrogens (tertiary/aromatic N) is 3. The van der Waals surface area contributed by atoms with E-state index in [-0.39, 0.29) is 5.46 Å². The van der Waals surface area contributed by atoms with Crippen LogP contribution in [-0.4, -0.2) is 31.9 Å². The average molecular weight is 221 g/mol. The Morgan fingerprint density at radius 3 is 2.69 bits per heavy atom. The normalized spacial score (nSPS) is 10.5. The zero-order valence-corrected chi connectivity index (χ0v) is 8.50. The molecular formula is C9H9BFN3O2. The average Bonchev–Trinajstić information content (AvgIpc) is 2.65. The molecule has 0 aliphatic carbocycles. The van der Waals surface area contributed by atoms with Crippen molar-refractivity contribution in [3.8, 4) is 5.82 Å². The van der Waals surface area contributed by atoms with E-state index in [9.17, 15) is 4.39 Å². The Kier molecular flexibility index (Phi) is 2.72. The summed E-state index contributed by atoms with van der Waals surface area (Å²) in [5, 5.41) is 21.9. The number of aryl methyl sites for hydroxylation is 1. The molecule has 16 heavy (non-hydrogen) atoms. The molecule has 0 amide bonds. The van der Waals surface area contributed by atoms with Crippen LogP contribution in [0.4, 0.5) is 4.39 Å². The van der Waals surface area contributed by atoms with Crippen molar-refractivity contribution in [3.63, 3.8) is 0 Å². The second kappa shape index (κ2) is 4.03. The zero-order valence-electron chi connectivity index (χ0n) is 8.50. The fourth-order valence-electron chi connectivity index (χ4n) is 1.30. The first-order chi connectivity index (χ1) is 7.58. The van der Waals surface area contributed by atoms with Crippen LogP contribution in [0.15, 0.2) is 24.7 Å². The molecule has 7 heteroatoms. The number of hydrogen-bond acceptors (Lipinski definition) is 4. The lowest BCUT2D eigenvalue weighted by Gasteiger charge is -2.04. The van der Waals surface area contributed by atoms with Crippen molar-refractivity contribution >= 4 is 12.6 Å². The number of halogens is 1. The minimum atomic E-state index is -1.86. The summed E-state index contributed by atoms with van der Waals surface area (Å²) in [6.45, 7) is 1.86. The van der Waals surface area contributed by atoms with E-state index >= 15 is 0 Å². The van der Waals surface area contributed by atoms with Crippen LogP contribution in [0.25, 0.3) is 5.82 Å². The highest BCUT2D eigenvalue weighted by molar-refractivity contribution is 6.58. The van der Waals surface area contributed by atoms with E-state index in [0.717, 1.165) is 11.8 Å². The smallest absolute Gasteiger partial charge is 0.423 e. The predicted molar refractivity (Wildman–Crippen MR) is 55.9 cm³/mol. The van der Waals surface area contributed by atoms with Gasteiger partial charge in [-0.25, -0.2) is 14.1 Å². The Hall–Kier alpha value is -1.73. The molecule has 0 aliphatic rings. The Morgan fingerprint density at radius 1 is 1.38 bits per heavy atom. The van der Waals surface area contributed by atoms with Crippen LogP contribution in [0.1, 0.15) is 5.56 Å². The van der Waals surface area contributed by atoms with E-state index in [1.165, 1.54) is 10.7 Å². The van der Waals surface area contributed by atoms with Gasteiger partial charge in [0.25, 0.3) is 0 Å². The van der Waals surface area contributed by atoms with E-state index in [4.69, 9.17) is 10.0 Å². The molecule has 82 valence electrons. The van der Waals surface area contributed by atoms with Crippen LogP contribution in [0.5, 0.6) is 0 Å². The summed E-state index contributed by atoms with van der Waals surface area (Å²) in [5.41, 5.74) is 0.704. The van der Waals surface area contributed by atoms with Crippen molar-refractivity contribution in [1.29, 1.82) is 0 Å². The summed E-state index contributed by atoms with van der Waals surface area (Å²) in [6.07, 6.45) is 4.26. The van der Waals surface area contributed by atoms with E-state index < -0.39 is 12.9 Å². The van der Waals surface area contributed by atoms with Gasteiger partial charge < -0.3 is 10.0 Å². The van der Waals surface area contributed by atoms with Crippen molar-refractivity contribution in [3.05, 3.63) is 36.0 Å². The first-order valence-electron chi connectivity index (χ1n) is 4.61. The summed E-state index contributed by atoms with van der Waals surface area (Å²) in [7, 11) is -1.86. The third-order valence-corrected chi connectivity index (χ3v) is 2.10. The van der Waals surface area contributed by atoms with E-state index in [1.807, 2.05) is 6.92 Å². The molecule has 0 atom stereocenters. The predicted octanol–water partition coefficient (Wildman–Crippen LogP) is -0.605. The molecule has 0 radical (unpaired) electrons. The van der Waals surface area contributed by atoms with E-state index in [1.54, 1.807) is 12.4 Å². The molecule has 5 nitrogen and oxygen atoms in total. The molecule has 2 rings (SSSR count). The van der Waals surface area contributed by atoms with E-state index in [0.29, 0.717) is 5.82 Å². The Morgan fingerprint density at radius 2 is 2.12 bits per heavy atom. The largest absolute Gasteiger partial charge is 0.491 e. The molecule has 0 saturated heterocycles. The lowest BCUT2D eigenvalue weighted by molar-refractivity contribution is 0.422. The summed E-state index contributed by atoms with van der Waals surface area (Å²) >= 11 is 0. The first kappa shape index (κ1) is 10.8. The summed E-state index contributed by atoms with van der Waals surface area (Å²) in [6, 6.07) is 1.24. The zero-order chi connectivity index (χ0) is 11.7. The van der Waals surface area contributed by atoms with Gasteiger partial charge >= 0.3 is 7.12 Å². The number of aromatic nitrogens is 3. The Balaban J connectivity index is 2.47. The number of rotatable bonds is 2. The van der Waals surface area contributed by atoms with Crippen LogP contribution >= 0.6 is 0 Å². The molecule has 0 bridgehead atoms. The lowest BCUT2D eigenvalue weighted by Crippen LogP contribution is -2.33. The molecule has 0 spiro atoms. The first-order valence-corrected chi connectivity index (χ1v) is 4.61. The SMILES string of the molecule is Cc1cnn(-c2cc(B(O)O)c(F)cn2)c1. The molecule has 0 aromatic carbocycles. The van der Waals surface area contributed by atoms with Crippen molar-refractivity contribution in [2.24, 2.45) is 0 Å². The Bertz CT molecular complexity index is 515. The maximum atomic E-state index is 13.1. The van der Waals surface area contributed by atoms with Gasteiger partial charge in [-0.3, -0.25) is 0 Å². The molecule has 2 aromatic heterocycles. The van der Waals surface area contributed by atoms with Crippen LogP contribution in [-0.2, 0) is 0 Å². The topological polar surface area (TPSA) is 71.2 Å². The highest BCUT2D eigenvalue weighted by Crippen LogP contribution is 2.04. The van der Waals surface area contributed by atoms with Gasteiger partial charge in [0.15, 0.2) is 5.82 Å². The standard InChI is InChI=1S/C9H9BFN3O2/c1-6-3-13-14(5-6)9-2-7(10(15)16)8(11)4-12-9/h2-5,15-16H,1H3. The molecular weight excluding hydrogens is 212 g/mol. The van der Waals surface area contributed by atoms with Crippen molar-refractivity contribution in [2.75, 3.05) is 0 Å². The molecule has 2 heterocycles. The van der Waals surface area contributed by atoms with Crippen molar-refractivity contribution in [1.82, 2.24) is 14.8 Å². The second-order valence-corrected chi connectivity index (χ2v) is 3.40. The van der Waals surface area contributed by atoms with Crippen molar-refractivity contribution in [2.45, 2.75) is 6.92 Å². The van der Waals surface area contributed by atoms with Crippen LogP contribution < -0.4 is 5.46 Å². The van der Waals surface area contributed by atoms with E-state index in [2.05, 4.69) is 10.1 Å². The summed E-state index contributed by atoms with van der Waals surface area (Å²) in [4.78, 5) is 3.81. The van der Waals surface area contributed by atoms with Crippen LogP contribution in [0, 0.1) is 12.7 Å². The summed E-state index contributed by atoms with van der Waals surface area (Å²) < 4.78 is 14.6. The highest BCUT2D eigenvalue weighted by atomic mass is 19.1.